The summed E-state index contributed by atoms with van der Waals surface area (Å²) in [5.74, 6) is -1.88. The summed E-state index contributed by atoms with van der Waals surface area (Å²) in [4.78, 5) is 49.0. The van der Waals surface area contributed by atoms with E-state index in [-0.39, 0.29) is 18.6 Å². The first-order valence-corrected chi connectivity index (χ1v) is 10.1. The number of rotatable bonds is 8. The van der Waals surface area contributed by atoms with Crippen LogP contribution >= 0.6 is 22.7 Å². The molecule has 0 unspecified atom stereocenters. The van der Waals surface area contributed by atoms with Crippen LogP contribution in [0.15, 0.2) is 17.5 Å². The summed E-state index contributed by atoms with van der Waals surface area (Å²) in [6, 6.07) is 3.46. The smallest absolute Gasteiger partial charge is 0.306 e. The minimum absolute atomic E-state index is 0.0322. The van der Waals surface area contributed by atoms with Crippen molar-refractivity contribution in [2.75, 3.05) is 11.9 Å². The van der Waals surface area contributed by atoms with Gasteiger partial charge in [0.25, 0.3) is 11.8 Å². The molecule has 2 heterocycles. The molecule has 0 fully saturated rings. The number of fused-ring (bicyclic) bond motifs is 1. The van der Waals surface area contributed by atoms with Crippen LogP contribution in [0.5, 0.6) is 0 Å². The zero-order chi connectivity index (χ0) is 19.4. The SMILES string of the molecule is NC(=O)c1c(NC(=O)COC(=O)CCC(=O)c2cccs2)sc2c1CCC2. The zero-order valence-corrected chi connectivity index (χ0v) is 16.0. The van der Waals surface area contributed by atoms with Crippen molar-refractivity contribution in [3.05, 3.63) is 38.4 Å². The summed E-state index contributed by atoms with van der Waals surface area (Å²) >= 11 is 2.65. The molecule has 0 saturated heterocycles. The molecule has 1 aliphatic rings. The second kappa shape index (κ2) is 8.45. The second-order valence-electron chi connectivity index (χ2n) is 6.04. The summed E-state index contributed by atoms with van der Waals surface area (Å²) in [6.45, 7) is -0.479. The fourth-order valence-electron chi connectivity index (χ4n) is 2.91. The molecule has 0 spiro atoms. The number of anilines is 1. The van der Waals surface area contributed by atoms with Gasteiger partial charge < -0.3 is 15.8 Å². The molecule has 0 atom stereocenters. The van der Waals surface area contributed by atoms with E-state index in [1.54, 1.807) is 17.5 Å². The summed E-state index contributed by atoms with van der Waals surface area (Å²) in [6.07, 6.45) is 2.54. The van der Waals surface area contributed by atoms with E-state index in [9.17, 15) is 19.2 Å². The van der Waals surface area contributed by atoms with E-state index in [2.05, 4.69) is 5.32 Å². The van der Waals surface area contributed by atoms with Gasteiger partial charge in [-0.2, -0.15) is 0 Å². The van der Waals surface area contributed by atoms with Crippen LogP contribution in [-0.4, -0.2) is 30.2 Å². The van der Waals surface area contributed by atoms with Gasteiger partial charge in [0.2, 0.25) is 0 Å². The number of primary amides is 1. The number of ketones is 1. The van der Waals surface area contributed by atoms with Gasteiger partial charge in [0.05, 0.1) is 16.9 Å². The average Bonchev–Trinajstić information content (AvgIpc) is 3.34. The van der Waals surface area contributed by atoms with Crippen molar-refractivity contribution in [1.82, 2.24) is 0 Å². The fourth-order valence-corrected chi connectivity index (χ4v) is 4.92. The van der Waals surface area contributed by atoms with E-state index in [1.165, 1.54) is 22.7 Å². The maximum Gasteiger partial charge on any atom is 0.306 e. The second-order valence-corrected chi connectivity index (χ2v) is 8.09. The van der Waals surface area contributed by atoms with Crippen LogP contribution in [0.2, 0.25) is 0 Å². The Morgan fingerprint density at radius 3 is 2.70 bits per heavy atom. The van der Waals surface area contributed by atoms with E-state index in [4.69, 9.17) is 10.5 Å². The molecule has 27 heavy (non-hydrogen) atoms. The standard InChI is InChI=1S/C18H18N2O5S2/c19-17(24)16-10-3-1-4-12(10)27-18(16)20-14(22)9-25-15(23)7-6-11(21)13-5-2-8-26-13/h2,5,8H,1,3-4,6-7,9H2,(H2,19,24)(H,20,22). The predicted octanol–water partition coefficient (Wildman–Crippen LogP) is 2.54. The number of carbonyl (C=O) groups is 4. The Morgan fingerprint density at radius 1 is 1.19 bits per heavy atom. The lowest BCUT2D eigenvalue weighted by Crippen LogP contribution is -2.22. The molecule has 0 aromatic carbocycles. The molecule has 3 rings (SSSR count). The molecule has 3 N–H and O–H groups in total. The van der Waals surface area contributed by atoms with E-state index in [1.807, 2.05) is 0 Å². The van der Waals surface area contributed by atoms with Crippen molar-refractivity contribution in [2.24, 2.45) is 5.73 Å². The van der Waals surface area contributed by atoms with Crippen LogP contribution in [0.3, 0.4) is 0 Å². The van der Waals surface area contributed by atoms with Crippen molar-refractivity contribution < 1.29 is 23.9 Å². The molecule has 0 bridgehead atoms. The number of carbonyl (C=O) groups excluding carboxylic acids is 4. The molecule has 2 aromatic heterocycles. The number of esters is 1. The summed E-state index contributed by atoms with van der Waals surface area (Å²) in [5, 5.41) is 4.79. The van der Waals surface area contributed by atoms with E-state index in [0.717, 1.165) is 29.7 Å². The lowest BCUT2D eigenvalue weighted by Gasteiger charge is -2.07. The van der Waals surface area contributed by atoms with Gasteiger partial charge in [-0.05, 0) is 36.3 Å². The Labute approximate surface area is 163 Å². The van der Waals surface area contributed by atoms with Gasteiger partial charge in [-0.3, -0.25) is 19.2 Å². The van der Waals surface area contributed by atoms with Gasteiger partial charge in [0.15, 0.2) is 12.4 Å². The lowest BCUT2D eigenvalue weighted by molar-refractivity contribution is -0.147. The van der Waals surface area contributed by atoms with Crippen molar-refractivity contribution in [2.45, 2.75) is 32.1 Å². The Bertz CT molecular complexity index is 886. The normalized spacial score (nSPS) is 12.4. The molecule has 7 nitrogen and oxygen atoms in total. The maximum atomic E-state index is 12.0. The third-order valence-corrected chi connectivity index (χ3v) is 6.26. The van der Waals surface area contributed by atoms with Gasteiger partial charge in [-0.25, -0.2) is 0 Å². The lowest BCUT2D eigenvalue weighted by atomic mass is 10.1. The van der Waals surface area contributed by atoms with Crippen molar-refractivity contribution >= 4 is 51.2 Å². The molecule has 0 aliphatic heterocycles. The number of amides is 2. The van der Waals surface area contributed by atoms with Crippen LogP contribution in [0.1, 0.15) is 49.7 Å². The molecule has 9 heteroatoms. The highest BCUT2D eigenvalue weighted by Crippen LogP contribution is 2.38. The van der Waals surface area contributed by atoms with Crippen molar-refractivity contribution in [3.63, 3.8) is 0 Å². The van der Waals surface area contributed by atoms with Crippen LogP contribution in [0.4, 0.5) is 5.00 Å². The van der Waals surface area contributed by atoms with Gasteiger partial charge >= 0.3 is 5.97 Å². The van der Waals surface area contributed by atoms with E-state index < -0.39 is 24.4 Å². The molecule has 0 saturated carbocycles. The van der Waals surface area contributed by atoms with E-state index in [0.29, 0.717) is 15.4 Å². The van der Waals surface area contributed by atoms with Crippen LogP contribution in [-0.2, 0) is 27.2 Å². The molecule has 2 aromatic rings. The Balaban J connectivity index is 1.48. The summed E-state index contributed by atoms with van der Waals surface area (Å²) in [5.41, 5.74) is 6.70. The van der Waals surface area contributed by atoms with Crippen LogP contribution in [0, 0.1) is 0 Å². The maximum absolute atomic E-state index is 12.0. The first-order chi connectivity index (χ1) is 13.0. The van der Waals surface area contributed by atoms with Gasteiger partial charge in [-0.15, -0.1) is 22.7 Å². The fraction of sp³-hybridized carbons (Fsp3) is 0.333. The number of aryl methyl sites for hydroxylation is 1. The average molecular weight is 406 g/mol. The number of hydrogen-bond donors (Lipinski definition) is 2. The highest BCUT2D eigenvalue weighted by Gasteiger charge is 2.26. The van der Waals surface area contributed by atoms with Crippen molar-refractivity contribution in [1.29, 1.82) is 0 Å². The number of ether oxygens (including phenoxy) is 1. The number of hydrogen-bond acceptors (Lipinski definition) is 7. The molecule has 1 aliphatic carbocycles. The number of nitrogens with one attached hydrogen (secondary N) is 1. The molecular weight excluding hydrogens is 388 g/mol. The van der Waals surface area contributed by atoms with Crippen molar-refractivity contribution in [3.8, 4) is 0 Å². The Hall–Kier alpha value is -2.52. The van der Waals surface area contributed by atoms with Gasteiger partial charge in [0, 0.05) is 11.3 Å². The number of thiophene rings is 2. The summed E-state index contributed by atoms with van der Waals surface area (Å²) in [7, 11) is 0. The minimum atomic E-state index is -0.626. The molecule has 2 amide bonds. The van der Waals surface area contributed by atoms with Gasteiger partial charge in [0.1, 0.15) is 5.00 Å². The molecule has 0 radical (unpaired) electrons. The largest absolute Gasteiger partial charge is 0.456 e. The first kappa shape index (κ1) is 19.2. The highest BCUT2D eigenvalue weighted by molar-refractivity contribution is 7.17. The molecule has 142 valence electrons. The topological polar surface area (TPSA) is 116 Å². The third kappa shape index (κ3) is 4.61. The van der Waals surface area contributed by atoms with Crippen LogP contribution in [0.25, 0.3) is 0 Å². The van der Waals surface area contributed by atoms with Crippen LogP contribution < -0.4 is 11.1 Å². The quantitative estimate of drug-likeness (QED) is 0.516. The molecular formula is C18H18N2O5S2. The predicted molar refractivity (Wildman–Crippen MR) is 102 cm³/mol. The summed E-state index contributed by atoms with van der Waals surface area (Å²) < 4.78 is 4.91. The minimum Gasteiger partial charge on any atom is -0.456 e. The monoisotopic (exact) mass is 406 g/mol. The Morgan fingerprint density at radius 2 is 2.00 bits per heavy atom. The van der Waals surface area contributed by atoms with Gasteiger partial charge in [-0.1, -0.05) is 6.07 Å². The Kier molecular flexibility index (Phi) is 6.02. The number of nitrogens with two attached hydrogens (primary N) is 1. The zero-order valence-electron chi connectivity index (χ0n) is 14.4. The third-order valence-electron chi connectivity index (χ3n) is 4.14. The number of Topliss-reactive ketones (excluding diaryl/α,β-unsaturated/α-hetero) is 1. The van der Waals surface area contributed by atoms with E-state index >= 15 is 0 Å². The first-order valence-electron chi connectivity index (χ1n) is 8.42. The highest BCUT2D eigenvalue weighted by atomic mass is 32.1.